The predicted octanol–water partition coefficient (Wildman–Crippen LogP) is 5.72. The van der Waals surface area contributed by atoms with E-state index in [1.807, 2.05) is 12.2 Å². The van der Waals surface area contributed by atoms with Gasteiger partial charge in [0.2, 0.25) is 0 Å². The number of hydrogen-bond donors (Lipinski definition) is 0. The normalized spacial score (nSPS) is 19.2. The second kappa shape index (κ2) is 12.7. The number of halogens is 2. The Hall–Kier alpha value is -2.86. The van der Waals surface area contributed by atoms with Gasteiger partial charge in [-0.25, -0.2) is 8.78 Å². The lowest BCUT2D eigenvalue weighted by atomic mass is 9.87. The van der Waals surface area contributed by atoms with Crippen LogP contribution in [-0.2, 0) is 9.53 Å². The summed E-state index contributed by atoms with van der Waals surface area (Å²) in [6, 6.07) is 2.11. The Morgan fingerprint density at radius 2 is 2.03 bits per heavy atom. The van der Waals surface area contributed by atoms with Crippen LogP contribution in [0.1, 0.15) is 37.3 Å². The number of aldehydes is 1. The van der Waals surface area contributed by atoms with Crippen LogP contribution in [0.5, 0.6) is 5.75 Å². The van der Waals surface area contributed by atoms with Crippen LogP contribution in [0.25, 0.3) is 0 Å². The maximum atomic E-state index is 14.3. The Bertz CT molecular complexity index is 864. The van der Waals surface area contributed by atoms with Crippen molar-refractivity contribution in [1.82, 2.24) is 0 Å². The second-order valence-electron chi connectivity index (χ2n) is 7.20. The summed E-state index contributed by atoms with van der Waals surface area (Å²) in [6.07, 6.45) is 14.4. The van der Waals surface area contributed by atoms with E-state index in [0.717, 1.165) is 30.3 Å². The van der Waals surface area contributed by atoms with Crippen LogP contribution < -0.4 is 4.74 Å². The first-order valence-corrected chi connectivity index (χ1v) is 10.2. The first-order chi connectivity index (χ1) is 15.0. The molecule has 2 unspecified atom stereocenters. The van der Waals surface area contributed by atoms with Crippen molar-refractivity contribution in [3.8, 4) is 5.75 Å². The quantitative estimate of drug-likeness (QED) is 0.257. The molecule has 2 atom stereocenters. The number of carbonyl (C=O) groups is 1. The molecule has 2 rings (SSSR count). The lowest BCUT2D eigenvalue weighted by molar-refractivity contribution is -0.107. The average Bonchev–Trinajstić information content (AvgIpc) is 2.96. The fraction of sp³-hybridized carbons (Fsp3) is 0.360. The molecule has 0 aromatic heterocycles. The molecule has 31 heavy (non-hydrogen) atoms. The predicted molar refractivity (Wildman–Crippen MR) is 120 cm³/mol. The van der Waals surface area contributed by atoms with E-state index < -0.39 is 23.4 Å². The Labute approximate surface area is 182 Å². The van der Waals surface area contributed by atoms with Crippen molar-refractivity contribution < 1.29 is 23.0 Å². The van der Waals surface area contributed by atoms with Gasteiger partial charge in [-0.3, -0.25) is 4.99 Å². The monoisotopic (exact) mass is 429 g/mol. The standard InChI is InChI=1S/C25H29F2NO3/c1-4-8-19(10-5-6-11-29)20-13-18(9-7-12-30-2)17-28-24(16-20)21-14-22(26)25(31-3)23(27)15-21/h4-5,8,10-11,13-15,17,20,24H,1,6-7,9,12,16H2,2-3H3/b10-5-,19-8+. The fourth-order valence-corrected chi connectivity index (χ4v) is 3.54. The van der Waals surface area contributed by atoms with Gasteiger partial charge >= 0.3 is 0 Å². The number of hydrogen-bond acceptors (Lipinski definition) is 4. The van der Waals surface area contributed by atoms with E-state index in [1.54, 1.807) is 25.5 Å². The van der Waals surface area contributed by atoms with Crippen LogP contribution in [0, 0.1) is 17.6 Å². The molecule has 1 aromatic rings. The van der Waals surface area contributed by atoms with Crippen LogP contribution in [0.2, 0.25) is 0 Å². The molecule has 0 amide bonds. The molecular weight excluding hydrogens is 400 g/mol. The highest BCUT2D eigenvalue weighted by molar-refractivity contribution is 5.79. The summed E-state index contributed by atoms with van der Waals surface area (Å²) in [6.45, 7) is 4.41. The van der Waals surface area contributed by atoms with Crippen molar-refractivity contribution >= 4 is 12.5 Å². The van der Waals surface area contributed by atoms with E-state index in [2.05, 4.69) is 17.6 Å². The molecule has 4 nitrogen and oxygen atoms in total. The molecule has 0 radical (unpaired) electrons. The number of allylic oxidation sites excluding steroid dienone is 7. The third-order valence-electron chi connectivity index (χ3n) is 5.02. The minimum atomic E-state index is -0.755. The molecule has 0 bridgehead atoms. The van der Waals surface area contributed by atoms with E-state index in [1.165, 1.54) is 19.2 Å². The van der Waals surface area contributed by atoms with Crippen LogP contribution in [0.15, 0.2) is 65.2 Å². The fourth-order valence-electron chi connectivity index (χ4n) is 3.54. The first kappa shape index (κ1) is 24.4. The van der Waals surface area contributed by atoms with Crippen molar-refractivity contribution in [3.05, 3.63) is 77.4 Å². The summed E-state index contributed by atoms with van der Waals surface area (Å²) < 4.78 is 38.6. The number of ether oxygens (including phenoxy) is 2. The molecule has 0 saturated carbocycles. The smallest absolute Gasteiger partial charge is 0.190 e. The molecule has 1 heterocycles. The average molecular weight is 430 g/mol. The lowest BCUT2D eigenvalue weighted by Crippen LogP contribution is -2.07. The Morgan fingerprint density at radius 3 is 2.65 bits per heavy atom. The largest absolute Gasteiger partial charge is 0.491 e. The maximum Gasteiger partial charge on any atom is 0.190 e. The molecule has 0 spiro atoms. The number of methoxy groups -OCH3 is 2. The number of benzene rings is 1. The second-order valence-corrected chi connectivity index (χ2v) is 7.20. The Morgan fingerprint density at radius 1 is 1.29 bits per heavy atom. The number of aliphatic imine (C=N–C) groups is 1. The van der Waals surface area contributed by atoms with E-state index >= 15 is 0 Å². The molecule has 1 aromatic carbocycles. The van der Waals surface area contributed by atoms with E-state index in [4.69, 9.17) is 9.47 Å². The van der Waals surface area contributed by atoms with Gasteiger partial charge in [0.1, 0.15) is 6.29 Å². The minimum absolute atomic E-state index is 0.0702. The summed E-state index contributed by atoms with van der Waals surface area (Å²) in [7, 11) is 2.89. The highest BCUT2D eigenvalue weighted by Crippen LogP contribution is 2.36. The van der Waals surface area contributed by atoms with Crippen LogP contribution >= 0.6 is 0 Å². The topological polar surface area (TPSA) is 47.9 Å². The van der Waals surface area contributed by atoms with Gasteiger partial charge in [0.15, 0.2) is 17.4 Å². The van der Waals surface area contributed by atoms with Crippen molar-refractivity contribution in [1.29, 1.82) is 0 Å². The Kier molecular flexibility index (Phi) is 10.0. The van der Waals surface area contributed by atoms with Crippen LogP contribution in [0.4, 0.5) is 8.78 Å². The van der Waals surface area contributed by atoms with Gasteiger partial charge in [-0.1, -0.05) is 37.0 Å². The first-order valence-electron chi connectivity index (χ1n) is 10.2. The van der Waals surface area contributed by atoms with Crippen molar-refractivity contribution in [3.63, 3.8) is 0 Å². The summed E-state index contributed by atoms with van der Waals surface area (Å²) >= 11 is 0. The highest BCUT2D eigenvalue weighted by atomic mass is 19.1. The number of rotatable bonds is 11. The zero-order chi connectivity index (χ0) is 22.6. The van der Waals surface area contributed by atoms with Crippen molar-refractivity contribution in [2.45, 2.75) is 31.7 Å². The number of nitrogens with zero attached hydrogens (tertiary/aromatic N) is 1. The SMILES string of the molecule is C=C/C=C(\C=C/CC=O)C1C=C(CCCOC)C=NC(c2cc(F)c(OC)c(F)c2)C1. The van der Waals surface area contributed by atoms with Crippen molar-refractivity contribution in [2.75, 3.05) is 20.8 Å². The van der Waals surface area contributed by atoms with Gasteiger partial charge in [-0.05, 0) is 48.1 Å². The summed E-state index contributed by atoms with van der Waals surface area (Å²) in [5.74, 6) is -1.98. The molecule has 0 saturated heterocycles. The molecule has 166 valence electrons. The van der Waals surface area contributed by atoms with Gasteiger partial charge in [-0.2, -0.15) is 0 Å². The molecule has 1 aliphatic rings. The third kappa shape index (κ3) is 7.10. The zero-order valence-electron chi connectivity index (χ0n) is 18.0. The third-order valence-corrected chi connectivity index (χ3v) is 5.02. The molecule has 1 aliphatic heterocycles. The van der Waals surface area contributed by atoms with Gasteiger partial charge in [0.05, 0.1) is 13.2 Å². The zero-order valence-corrected chi connectivity index (χ0v) is 18.0. The molecule has 0 fully saturated rings. The summed E-state index contributed by atoms with van der Waals surface area (Å²) in [4.78, 5) is 15.4. The summed E-state index contributed by atoms with van der Waals surface area (Å²) in [5.41, 5.74) is 2.42. The maximum absolute atomic E-state index is 14.3. The van der Waals surface area contributed by atoms with Gasteiger partial charge in [0, 0.05) is 32.3 Å². The van der Waals surface area contributed by atoms with Gasteiger partial charge in [0.25, 0.3) is 0 Å². The van der Waals surface area contributed by atoms with Crippen molar-refractivity contribution in [2.24, 2.45) is 10.9 Å². The van der Waals surface area contributed by atoms with E-state index in [9.17, 15) is 13.6 Å². The molecule has 6 heteroatoms. The number of carbonyl (C=O) groups excluding carboxylic acids is 1. The van der Waals surface area contributed by atoms with Gasteiger partial charge < -0.3 is 14.3 Å². The molecular formula is C25H29F2NO3. The molecule has 0 N–H and O–H groups in total. The van der Waals surface area contributed by atoms with E-state index in [-0.39, 0.29) is 5.92 Å². The van der Waals surface area contributed by atoms with Gasteiger partial charge in [-0.15, -0.1) is 0 Å². The molecule has 0 aliphatic carbocycles. The van der Waals surface area contributed by atoms with E-state index in [0.29, 0.717) is 25.0 Å². The lowest BCUT2D eigenvalue weighted by Gasteiger charge is -2.19. The minimum Gasteiger partial charge on any atom is -0.491 e. The Balaban J connectivity index is 2.42. The van der Waals surface area contributed by atoms with Crippen LogP contribution in [-0.4, -0.2) is 33.3 Å². The highest BCUT2D eigenvalue weighted by Gasteiger charge is 2.23. The van der Waals surface area contributed by atoms with Crippen LogP contribution in [0.3, 0.4) is 0 Å². The summed E-state index contributed by atoms with van der Waals surface area (Å²) in [5, 5.41) is 0.